The van der Waals surface area contributed by atoms with Gasteiger partial charge in [0.15, 0.2) is 0 Å². The smallest absolute Gasteiger partial charge is 0.258 e. The number of nitro groups is 1. The zero-order valence-electron chi connectivity index (χ0n) is 5.17. The maximum atomic E-state index is 12.4. The lowest BCUT2D eigenvalue weighted by molar-refractivity contribution is -0.387. The quantitative estimate of drug-likeness (QED) is 0.460. The summed E-state index contributed by atoms with van der Waals surface area (Å²) in [5.41, 5.74) is -0.772. The molecule has 0 spiro atoms. The first-order valence-corrected chi connectivity index (χ1v) is 2.63. The SMILES string of the molecule is O=[N+]([O-])c1ccc(F)[c]c1F. The number of halogens is 2. The summed E-state index contributed by atoms with van der Waals surface area (Å²) >= 11 is 0. The Bertz CT molecular complexity index is 301. The molecule has 0 bridgehead atoms. The summed E-state index contributed by atoms with van der Waals surface area (Å²) < 4.78 is 24.5. The zero-order valence-corrected chi connectivity index (χ0v) is 5.17. The number of benzene rings is 1. The highest BCUT2D eigenvalue weighted by Gasteiger charge is 2.13. The molecule has 57 valence electrons. The Morgan fingerprint density at radius 2 is 2.09 bits per heavy atom. The molecule has 0 saturated carbocycles. The van der Waals surface area contributed by atoms with Gasteiger partial charge in [-0.3, -0.25) is 10.1 Å². The van der Waals surface area contributed by atoms with Crippen molar-refractivity contribution in [2.75, 3.05) is 0 Å². The fraction of sp³-hybridized carbons (Fsp3) is 0. The van der Waals surface area contributed by atoms with Crippen molar-refractivity contribution >= 4 is 5.69 Å². The molecule has 1 rings (SSSR count). The number of hydrogen-bond donors (Lipinski definition) is 0. The van der Waals surface area contributed by atoms with Crippen LogP contribution in [0.25, 0.3) is 0 Å². The molecule has 0 amide bonds. The van der Waals surface area contributed by atoms with Gasteiger partial charge in [0, 0.05) is 6.07 Å². The first-order chi connectivity index (χ1) is 5.11. The van der Waals surface area contributed by atoms with E-state index in [1.165, 1.54) is 0 Å². The van der Waals surface area contributed by atoms with Gasteiger partial charge in [0.25, 0.3) is 0 Å². The van der Waals surface area contributed by atoms with Crippen LogP contribution in [0.2, 0.25) is 0 Å². The van der Waals surface area contributed by atoms with Gasteiger partial charge in [-0.05, 0) is 6.07 Å². The van der Waals surface area contributed by atoms with Crippen molar-refractivity contribution in [3.8, 4) is 0 Å². The lowest BCUT2D eigenvalue weighted by atomic mass is 10.3. The van der Waals surface area contributed by atoms with Crippen LogP contribution in [-0.4, -0.2) is 4.92 Å². The van der Waals surface area contributed by atoms with E-state index >= 15 is 0 Å². The molecule has 0 fully saturated rings. The Kier molecular flexibility index (Phi) is 1.80. The lowest BCUT2D eigenvalue weighted by Crippen LogP contribution is -1.92. The summed E-state index contributed by atoms with van der Waals surface area (Å²) in [6.07, 6.45) is 0. The van der Waals surface area contributed by atoms with Gasteiger partial charge in [-0.25, -0.2) is 4.39 Å². The largest absolute Gasteiger partial charge is 0.305 e. The first-order valence-electron chi connectivity index (χ1n) is 2.63. The molecule has 0 heterocycles. The number of nitrogens with zero attached hydrogens (tertiary/aromatic N) is 1. The summed E-state index contributed by atoms with van der Waals surface area (Å²) in [4.78, 5) is 9.02. The molecule has 1 aromatic rings. The van der Waals surface area contributed by atoms with Gasteiger partial charge in [-0.1, -0.05) is 0 Å². The van der Waals surface area contributed by atoms with Crippen LogP contribution in [0.1, 0.15) is 0 Å². The Morgan fingerprint density at radius 3 is 2.55 bits per heavy atom. The number of nitro benzene ring substituents is 1. The van der Waals surface area contributed by atoms with Crippen molar-refractivity contribution in [1.82, 2.24) is 0 Å². The molecular weight excluding hydrogens is 156 g/mol. The Balaban J connectivity index is 3.20. The zero-order chi connectivity index (χ0) is 8.43. The Morgan fingerprint density at radius 1 is 1.45 bits per heavy atom. The average Bonchev–Trinajstić information content (AvgIpc) is 1.85. The molecule has 0 aliphatic carbocycles. The number of hydrogen-bond acceptors (Lipinski definition) is 2. The van der Waals surface area contributed by atoms with Crippen LogP contribution in [-0.2, 0) is 0 Å². The van der Waals surface area contributed by atoms with Crippen LogP contribution in [0.5, 0.6) is 0 Å². The average molecular weight is 158 g/mol. The van der Waals surface area contributed by atoms with E-state index in [0.29, 0.717) is 0 Å². The lowest BCUT2D eigenvalue weighted by Gasteiger charge is -1.91. The molecule has 0 N–H and O–H groups in total. The minimum absolute atomic E-state index is 0.751. The third-order valence-corrected chi connectivity index (χ3v) is 1.04. The molecule has 1 aromatic carbocycles. The molecule has 1 radical (unpaired) electrons. The first kappa shape index (κ1) is 7.59. The van der Waals surface area contributed by atoms with Crippen molar-refractivity contribution in [1.29, 1.82) is 0 Å². The number of rotatable bonds is 1. The van der Waals surface area contributed by atoms with E-state index in [2.05, 4.69) is 0 Å². The van der Waals surface area contributed by atoms with Gasteiger partial charge in [0.05, 0.1) is 11.0 Å². The fourth-order valence-corrected chi connectivity index (χ4v) is 0.577. The maximum absolute atomic E-state index is 12.4. The predicted octanol–water partition coefficient (Wildman–Crippen LogP) is 1.67. The van der Waals surface area contributed by atoms with Gasteiger partial charge in [-0.15, -0.1) is 0 Å². The molecular formula is C6H2F2NO2. The summed E-state index contributed by atoms with van der Waals surface area (Å²) in [6.45, 7) is 0. The normalized spacial score (nSPS) is 9.64. The van der Waals surface area contributed by atoms with Gasteiger partial charge < -0.3 is 0 Å². The molecule has 5 heteroatoms. The second-order valence-electron chi connectivity index (χ2n) is 1.76. The van der Waals surface area contributed by atoms with Gasteiger partial charge >= 0.3 is 5.69 Å². The third kappa shape index (κ3) is 1.49. The molecule has 0 aliphatic heterocycles. The predicted molar refractivity (Wildman–Crippen MR) is 31.8 cm³/mol. The van der Waals surface area contributed by atoms with Gasteiger partial charge in [0.1, 0.15) is 5.82 Å². The molecule has 0 aliphatic rings. The summed E-state index contributed by atoms with van der Waals surface area (Å²) in [5, 5.41) is 9.96. The standard InChI is InChI=1S/C6H2F2NO2/c7-4-1-2-6(9(10)11)5(8)3-4/h1-2H. The van der Waals surface area contributed by atoms with Crippen molar-refractivity contribution < 1.29 is 13.7 Å². The van der Waals surface area contributed by atoms with Crippen molar-refractivity contribution in [3.05, 3.63) is 39.9 Å². The van der Waals surface area contributed by atoms with Crippen molar-refractivity contribution in [3.63, 3.8) is 0 Å². The van der Waals surface area contributed by atoms with Crippen LogP contribution >= 0.6 is 0 Å². The van der Waals surface area contributed by atoms with Crippen LogP contribution in [0.15, 0.2) is 12.1 Å². The van der Waals surface area contributed by atoms with E-state index in [4.69, 9.17) is 0 Å². The van der Waals surface area contributed by atoms with E-state index in [1.807, 2.05) is 0 Å². The topological polar surface area (TPSA) is 43.1 Å². The van der Waals surface area contributed by atoms with E-state index in [9.17, 15) is 18.9 Å². The highest BCUT2D eigenvalue weighted by molar-refractivity contribution is 5.30. The van der Waals surface area contributed by atoms with Crippen LogP contribution in [0, 0.1) is 27.8 Å². The minimum Gasteiger partial charge on any atom is -0.258 e. The molecule has 11 heavy (non-hydrogen) atoms. The monoisotopic (exact) mass is 158 g/mol. The third-order valence-electron chi connectivity index (χ3n) is 1.04. The Hall–Kier alpha value is -1.52. The maximum Gasteiger partial charge on any atom is 0.305 e. The summed E-state index contributed by atoms with van der Waals surface area (Å²) in [5.74, 6) is -2.23. The minimum atomic E-state index is -1.28. The van der Waals surface area contributed by atoms with E-state index < -0.39 is 22.2 Å². The van der Waals surface area contributed by atoms with E-state index in [-0.39, 0.29) is 0 Å². The van der Waals surface area contributed by atoms with Gasteiger partial charge in [-0.2, -0.15) is 4.39 Å². The van der Waals surface area contributed by atoms with E-state index in [1.54, 1.807) is 6.07 Å². The van der Waals surface area contributed by atoms with Crippen molar-refractivity contribution in [2.45, 2.75) is 0 Å². The summed E-state index contributed by atoms with van der Waals surface area (Å²) in [6, 6.07) is 3.08. The molecule has 0 atom stereocenters. The highest BCUT2D eigenvalue weighted by atomic mass is 19.1. The molecule has 0 saturated heterocycles. The highest BCUT2D eigenvalue weighted by Crippen LogP contribution is 2.15. The van der Waals surface area contributed by atoms with Crippen molar-refractivity contribution in [2.24, 2.45) is 0 Å². The second-order valence-corrected chi connectivity index (χ2v) is 1.76. The second kappa shape index (κ2) is 2.61. The van der Waals surface area contributed by atoms with Gasteiger partial charge in [0.2, 0.25) is 5.82 Å². The molecule has 3 nitrogen and oxygen atoms in total. The van der Waals surface area contributed by atoms with E-state index in [0.717, 1.165) is 12.1 Å². The fourth-order valence-electron chi connectivity index (χ4n) is 0.577. The molecule has 0 unspecified atom stereocenters. The summed E-state index contributed by atoms with van der Waals surface area (Å²) in [7, 11) is 0. The van der Waals surface area contributed by atoms with Crippen LogP contribution < -0.4 is 0 Å². The van der Waals surface area contributed by atoms with Crippen LogP contribution in [0.4, 0.5) is 14.5 Å². The Labute approximate surface area is 60.4 Å². The van der Waals surface area contributed by atoms with Crippen LogP contribution in [0.3, 0.4) is 0 Å². The molecule has 0 aromatic heterocycles.